The molecule has 0 amide bonds. The molecule has 1 aliphatic rings. The van der Waals surface area contributed by atoms with Gasteiger partial charge in [-0.15, -0.1) is 0 Å². The average molecular weight is 218 g/mol. The standard InChI is InChI=1S/C13H18N2O/c1-2-13(8-3-9-13)11-6-4-10(5-7-11)12(14)15-16/h4-7,16H,2-3,8-9H2,1H3,(H2,14,15). The van der Waals surface area contributed by atoms with Gasteiger partial charge in [-0.1, -0.05) is 42.8 Å². The van der Waals surface area contributed by atoms with Crippen molar-refractivity contribution in [1.29, 1.82) is 0 Å². The van der Waals surface area contributed by atoms with Crippen LogP contribution >= 0.6 is 0 Å². The first-order chi connectivity index (χ1) is 7.72. The summed E-state index contributed by atoms with van der Waals surface area (Å²) in [7, 11) is 0. The van der Waals surface area contributed by atoms with E-state index in [0.717, 1.165) is 5.56 Å². The molecule has 1 aromatic rings. The van der Waals surface area contributed by atoms with Gasteiger partial charge in [-0.2, -0.15) is 0 Å². The Balaban J connectivity index is 2.25. The molecule has 0 heterocycles. The third kappa shape index (κ3) is 1.66. The first-order valence-electron chi connectivity index (χ1n) is 5.80. The molecule has 0 aromatic heterocycles. The van der Waals surface area contributed by atoms with E-state index in [4.69, 9.17) is 10.9 Å². The van der Waals surface area contributed by atoms with Gasteiger partial charge >= 0.3 is 0 Å². The minimum atomic E-state index is 0.172. The largest absolute Gasteiger partial charge is 0.409 e. The lowest BCUT2D eigenvalue weighted by molar-refractivity contribution is 0.235. The van der Waals surface area contributed by atoms with E-state index >= 15 is 0 Å². The SMILES string of the molecule is CCC1(c2ccc(C(N)=NO)cc2)CCC1. The number of nitrogens with two attached hydrogens (primary N) is 1. The fourth-order valence-electron chi connectivity index (χ4n) is 2.50. The molecule has 1 saturated carbocycles. The molecule has 2 rings (SSSR count). The quantitative estimate of drug-likeness (QED) is 0.354. The third-order valence-electron chi connectivity index (χ3n) is 3.89. The molecule has 0 spiro atoms. The van der Waals surface area contributed by atoms with Crippen molar-refractivity contribution in [1.82, 2.24) is 0 Å². The minimum absolute atomic E-state index is 0.172. The Morgan fingerprint density at radius 3 is 2.38 bits per heavy atom. The Bertz CT molecular complexity index is 385. The summed E-state index contributed by atoms with van der Waals surface area (Å²) in [5, 5.41) is 11.6. The van der Waals surface area contributed by atoms with Crippen LogP contribution in [-0.2, 0) is 5.41 Å². The highest BCUT2D eigenvalue weighted by Crippen LogP contribution is 2.46. The summed E-state index contributed by atoms with van der Waals surface area (Å²) in [5.74, 6) is 0.172. The lowest BCUT2D eigenvalue weighted by Gasteiger charge is -2.42. The molecule has 3 N–H and O–H groups in total. The molecule has 0 saturated heterocycles. The Labute approximate surface area is 96.0 Å². The lowest BCUT2D eigenvalue weighted by Crippen LogP contribution is -2.33. The van der Waals surface area contributed by atoms with Crippen molar-refractivity contribution in [2.45, 2.75) is 38.0 Å². The minimum Gasteiger partial charge on any atom is -0.409 e. The van der Waals surface area contributed by atoms with Crippen LogP contribution in [0.25, 0.3) is 0 Å². The van der Waals surface area contributed by atoms with Gasteiger partial charge in [-0.3, -0.25) is 0 Å². The molecule has 1 aromatic carbocycles. The maximum atomic E-state index is 8.58. The van der Waals surface area contributed by atoms with Gasteiger partial charge in [-0.25, -0.2) is 0 Å². The normalized spacial score (nSPS) is 19.2. The number of oxime groups is 1. The molecule has 0 bridgehead atoms. The molecule has 16 heavy (non-hydrogen) atoms. The predicted octanol–water partition coefficient (Wildman–Crippen LogP) is 2.61. The summed E-state index contributed by atoms with van der Waals surface area (Å²) >= 11 is 0. The van der Waals surface area contributed by atoms with Gasteiger partial charge in [0, 0.05) is 5.56 Å². The van der Waals surface area contributed by atoms with Gasteiger partial charge in [0.25, 0.3) is 0 Å². The van der Waals surface area contributed by atoms with Crippen LogP contribution in [0.5, 0.6) is 0 Å². The summed E-state index contributed by atoms with van der Waals surface area (Å²) in [6.07, 6.45) is 5.09. The van der Waals surface area contributed by atoms with Crippen LogP contribution in [-0.4, -0.2) is 11.0 Å². The van der Waals surface area contributed by atoms with Gasteiger partial charge in [0.05, 0.1) is 0 Å². The molecule has 0 unspecified atom stereocenters. The van der Waals surface area contributed by atoms with E-state index in [9.17, 15) is 0 Å². The summed E-state index contributed by atoms with van der Waals surface area (Å²) < 4.78 is 0. The van der Waals surface area contributed by atoms with Crippen molar-refractivity contribution in [2.75, 3.05) is 0 Å². The zero-order valence-electron chi connectivity index (χ0n) is 9.61. The van der Waals surface area contributed by atoms with E-state index in [2.05, 4.69) is 24.2 Å². The number of amidine groups is 1. The fraction of sp³-hybridized carbons (Fsp3) is 0.462. The first-order valence-corrected chi connectivity index (χ1v) is 5.80. The second-order valence-electron chi connectivity index (χ2n) is 4.55. The Kier molecular flexibility index (Phi) is 2.86. The Morgan fingerprint density at radius 1 is 1.38 bits per heavy atom. The highest BCUT2D eigenvalue weighted by Gasteiger charge is 2.36. The van der Waals surface area contributed by atoms with E-state index in [-0.39, 0.29) is 5.84 Å². The number of rotatable bonds is 3. The maximum Gasteiger partial charge on any atom is 0.170 e. The third-order valence-corrected chi connectivity index (χ3v) is 3.89. The number of hydrogen-bond acceptors (Lipinski definition) is 2. The van der Waals surface area contributed by atoms with Crippen molar-refractivity contribution >= 4 is 5.84 Å². The van der Waals surface area contributed by atoms with Crippen LogP contribution in [0.15, 0.2) is 29.4 Å². The van der Waals surface area contributed by atoms with Gasteiger partial charge in [-0.05, 0) is 30.2 Å². The number of benzene rings is 1. The monoisotopic (exact) mass is 218 g/mol. The van der Waals surface area contributed by atoms with Crippen LogP contribution in [0.2, 0.25) is 0 Å². The summed E-state index contributed by atoms with van der Waals surface area (Å²) in [6.45, 7) is 2.25. The second-order valence-corrected chi connectivity index (χ2v) is 4.55. The van der Waals surface area contributed by atoms with Crippen molar-refractivity contribution in [3.8, 4) is 0 Å². The zero-order chi connectivity index (χ0) is 11.6. The summed E-state index contributed by atoms with van der Waals surface area (Å²) in [6, 6.07) is 8.08. The molecular formula is C13H18N2O. The first kappa shape index (κ1) is 11.0. The molecule has 1 aliphatic carbocycles. The van der Waals surface area contributed by atoms with Crippen molar-refractivity contribution in [3.63, 3.8) is 0 Å². The van der Waals surface area contributed by atoms with Crippen LogP contribution in [0.1, 0.15) is 43.7 Å². The van der Waals surface area contributed by atoms with Crippen LogP contribution in [0, 0.1) is 0 Å². The Hall–Kier alpha value is -1.51. The topological polar surface area (TPSA) is 58.6 Å². The zero-order valence-corrected chi connectivity index (χ0v) is 9.61. The summed E-state index contributed by atoms with van der Waals surface area (Å²) in [4.78, 5) is 0. The molecule has 0 radical (unpaired) electrons. The van der Waals surface area contributed by atoms with Crippen LogP contribution in [0.4, 0.5) is 0 Å². The number of hydrogen-bond donors (Lipinski definition) is 2. The lowest BCUT2D eigenvalue weighted by atomic mass is 9.63. The average Bonchev–Trinajstić information content (AvgIpc) is 2.28. The maximum absolute atomic E-state index is 8.58. The smallest absolute Gasteiger partial charge is 0.170 e. The van der Waals surface area contributed by atoms with Gasteiger partial charge in [0.2, 0.25) is 0 Å². The van der Waals surface area contributed by atoms with E-state index in [1.165, 1.54) is 31.2 Å². The fourth-order valence-corrected chi connectivity index (χ4v) is 2.50. The molecule has 3 nitrogen and oxygen atoms in total. The summed E-state index contributed by atoms with van der Waals surface area (Å²) in [5.41, 5.74) is 8.08. The van der Waals surface area contributed by atoms with Crippen LogP contribution in [0.3, 0.4) is 0 Å². The predicted molar refractivity (Wildman–Crippen MR) is 64.8 cm³/mol. The molecule has 1 fully saturated rings. The molecule has 0 atom stereocenters. The van der Waals surface area contributed by atoms with E-state index in [1.807, 2.05) is 12.1 Å². The van der Waals surface area contributed by atoms with Gasteiger partial charge < -0.3 is 10.9 Å². The van der Waals surface area contributed by atoms with Crippen molar-refractivity contribution in [2.24, 2.45) is 10.9 Å². The molecule has 86 valence electrons. The highest BCUT2D eigenvalue weighted by molar-refractivity contribution is 5.96. The molecule has 0 aliphatic heterocycles. The van der Waals surface area contributed by atoms with E-state index in [1.54, 1.807) is 0 Å². The molecule has 3 heteroatoms. The van der Waals surface area contributed by atoms with Gasteiger partial charge in [0.1, 0.15) is 0 Å². The number of nitrogens with zero attached hydrogens (tertiary/aromatic N) is 1. The van der Waals surface area contributed by atoms with Crippen LogP contribution < -0.4 is 5.73 Å². The second kappa shape index (κ2) is 4.16. The van der Waals surface area contributed by atoms with E-state index in [0.29, 0.717) is 5.41 Å². The van der Waals surface area contributed by atoms with Crippen molar-refractivity contribution < 1.29 is 5.21 Å². The highest BCUT2D eigenvalue weighted by atomic mass is 16.4. The Morgan fingerprint density at radius 2 is 2.00 bits per heavy atom. The molecular weight excluding hydrogens is 200 g/mol. The van der Waals surface area contributed by atoms with E-state index < -0.39 is 0 Å². The van der Waals surface area contributed by atoms with Gasteiger partial charge in [0.15, 0.2) is 5.84 Å². The van der Waals surface area contributed by atoms with Crippen molar-refractivity contribution in [3.05, 3.63) is 35.4 Å².